The molecule has 5 rings (SSSR count). The number of imidazole rings is 1. The lowest BCUT2D eigenvalue weighted by Crippen LogP contribution is -2.06. The molecule has 3 heteroatoms. The van der Waals surface area contributed by atoms with E-state index in [1.54, 1.807) is 0 Å². The van der Waals surface area contributed by atoms with Crippen LogP contribution in [-0.4, -0.2) is 16.2 Å². The van der Waals surface area contributed by atoms with Gasteiger partial charge < -0.3 is 9.30 Å². The zero-order chi connectivity index (χ0) is 18.8. The lowest BCUT2D eigenvalue weighted by atomic mass is 10.1. The zero-order valence-corrected chi connectivity index (χ0v) is 16.2. The minimum atomic E-state index is 0.560. The van der Waals surface area contributed by atoms with Crippen LogP contribution in [0.5, 0.6) is 5.75 Å². The Morgan fingerprint density at radius 1 is 1.00 bits per heavy atom. The highest BCUT2D eigenvalue weighted by atomic mass is 16.5. The van der Waals surface area contributed by atoms with Gasteiger partial charge in [0.2, 0.25) is 0 Å². The molecule has 0 aliphatic heterocycles. The average molecular weight is 370 g/mol. The van der Waals surface area contributed by atoms with Gasteiger partial charge in [-0.05, 0) is 67.7 Å². The Morgan fingerprint density at radius 2 is 1.82 bits per heavy atom. The molecule has 1 aromatic heterocycles. The summed E-state index contributed by atoms with van der Waals surface area (Å²) in [5.74, 6) is 2.00. The normalized spacial score (nSPS) is 17.2. The number of hydrogen-bond donors (Lipinski definition) is 0. The van der Waals surface area contributed by atoms with Crippen LogP contribution >= 0.6 is 0 Å². The Bertz CT molecular complexity index is 1020. The van der Waals surface area contributed by atoms with E-state index in [-0.39, 0.29) is 0 Å². The predicted molar refractivity (Wildman–Crippen MR) is 115 cm³/mol. The molecule has 2 aliphatic carbocycles. The number of hydrogen-bond acceptors (Lipinski definition) is 2. The Kier molecular flexibility index (Phi) is 4.74. The molecule has 142 valence electrons. The Morgan fingerprint density at radius 3 is 2.61 bits per heavy atom. The lowest BCUT2D eigenvalue weighted by molar-refractivity contribution is 0.347. The minimum Gasteiger partial charge on any atom is -0.489 e. The maximum Gasteiger partial charge on any atom is 0.141 e. The molecule has 28 heavy (non-hydrogen) atoms. The molecule has 1 heterocycles. The first kappa shape index (κ1) is 17.3. The maximum atomic E-state index is 6.00. The summed E-state index contributed by atoms with van der Waals surface area (Å²) in [6, 6.07) is 17.5. The van der Waals surface area contributed by atoms with Crippen molar-refractivity contribution in [3.05, 3.63) is 72.3 Å². The summed E-state index contributed by atoms with van der Waals surface area (Å²) in [4.78, 5) is 4.98. The highest BCUT2D eigenvalue weighted by molar-refractivity contribution is 5.81. The molecule has 0 atom stereocenters. The maximum absolute atomic E-state index is 6.00. The summed E-state index contributed by atoms with van der Waals surface area (Å²) in [5, 5.41) is 0. The molecule has 0 bridgehead atoms. The van der Waals surface area contributed by atoms with Gasteiger partial charge in [0.1, 0.15) is 18.2 Å². The Labute approximate surface area is 166 Å². The van der Waals surface area contributed by atoms with E-state index in [0.717, 1.165) is 35.5 Å². The third-order valence-corrected chi connectivity index (χ3v) is 5.92. The van der Waals surface area contributed by atoms with Gasteiger partial charge in [0.25, 0.3) is 0 Å². The van der Waals surface area contributed by atoms with E-state index < -0.39 is 0 Å². The number of ether oxygens (including phenoxy) is 1. The summed E-state index contributed by atoms with van der Waals surface area (Å²) in [5.41, 5.74) is 4.86. The molecule has 2 aromatic carbocycles. The topological polar surface area (TPSA) is 27.1 Å². The number of nitrogens with zero attached hydrogens (tertiary/aromatic N) is 2. The monoisotopic (exact) mass is 370 g/mol. The van der Waals surface area contributed by atoms with Crippen molar-refractivity contribution in [3.8, 4) is 17.1 Å². The molecule has 0 amide bonds. The van der Waals surface area contributed by atoms with Crippen LogP contribution in [0.1, 0.15) is 44.6 Å². The van der Waals surface area contributed by atoms with Gasteiger partial charge in [0.05, 0.1) is 11.0 Å². The van der Waals surface area contributed by atoms with Crippen molar-refractivity contribution in [2.45, 2.75) is 44.6 Å². The van der Waals surface area contributed by atoms with Crippen molar-refractivity contribution in [2.75, 3.05) is 6.61 Å². The number of fused-ring (bicyclic) bond motifs is 1. The van der Waals surface area contributed by atoms with Gasteiger partial charge in [-0.15, -0.1) is 0 Å². The fraction of sp³-hybridized carbons (Fsp3) is 0.320. The second kappa shape index (κ2) is 7.67. The van der Waals surface area contributed by atoms with Gasteiger partial charge in [-0.25, -0.2) is 4.98 Å². The summed E-state index contributed by atoms with van der Waals surface area (Å²) in [6.45, 7) is 0.671. The molecule has 2 aliphatic rings. The van der Waals surface area contributed by atoms with E-state index in [4.69, 9.17) is 9.72 Å². The van der Waals surface area contributed by atoms with Crippen LogP contribution in [0.25, 0.3) is 22.4 Å². The number of allylic oxidation sites excluding steroid dienone is 3. The van der Waals surface area contributed by atoms with Crippen molar-refractivity contribution in [2.24, 2.45) is 0 Å². The summed E-state index contributed by atoms with van der Waals surface area (Å²) in [7, 11) is 0. The highest BCUT2D eigenvalue weighted by Crippen LogP contribution is 2.37. The molecule has 0 radical (unpaired) electrons. The van der Waals surface area contributed by atoms with E-state index in [1.165, 1.54) is 36.8 Å². The molecule has 0 N–H and O–H groups in total. The molecular weight excluding hydrogens is 344 g/mol. The standard InChI is InChI=1S/C25H26N2O/c1-2-8-19(9-3-1)18-28-22-16-14-20(15-17-22)25-26-23-12-6-7-13-24(23)27(25)21-10-4-5-11-21/h1-2,6-8,12-17,21H,3-5,9-11,18H2. The predicted octanol–water partition coefficient (Wildman–Crippen LogP) is 6.47. The van der Waals surface area contributed by atoms with Gasteiger partial charge in [-0.2, -0.15) is 0 Å². The van der Waals surface area contributed by atoms with Crippen molar-refractivity contribution >= 4 is 11.0 Å². The first-order valence-electron chi connectivity index (χ1n) is 10.4. The molecule has 0 saturated heterocycles. The van der Waals surface area contributed by atoms with Crippen LogP contribution < -0.4 is 4.74 Å². The van der Waals surface area contributed by atoms with Crippen molar-refractivity contribution in [1.29, 1.82) is 0 Å². The smallest absolute Gasteiger partial charge is 0.141 e. The van der Waals surface area contributed by atoms with Crippen LogP contribution in [0, 0.1) is 0 Å². The van der Waals surface area contributed by atoms with Crippen LogP contribution in [0.3, 0.4) is 0 Å². The van der Waals surface area contributed by atoms with Crippen LogP contribution in [0.2, 0.25) is 0 Å². The molecule has 3 aromatic rings. The number of aromatic nitrogens is 2. The van der Waals surface area contributed by atoms with Gasteiger partial charge >= 0.3 is 0 Å². The molecule has 3 nitrogen and oxygen atoms in total. The van der Waals surface area contributed by atoms with E-state index in [9.17, 15) is 0 Å². The van der Waals surface area contributed by atoms with E-state index >= 15 is 0 Å². The minimum absolute atomic E-state index is 0.560. The molecule has 1 saturated carbocycles. The second-order valence-corrected chi connectivity index (χ2v) is 7.84. The zero-order valence-electron chi connectivity index (χ0n) is 16.2. The Hall–Kier alpha value is -2.81. The Balaban J connectivity index is 1.42. The largest absolute Gasteiger partial charge is 0.489 e. The SMILES string of the molecule is C1=CCCC(COc2ccc(-c3nc4ccccc4n3C3CCCC3)cc2)=C1. The molecular formula is C25H26N2O. The van der Waals surface area contributed by atoms with Crippen LogP contribution in [0.15, 0.2) is 72.3 Å². The van der Waals surface area contributed by atoms with Crippen molar-refractivity contribution in [3.63, 3.8) is 0 Å². The quantitative estimate of drug-likeness (QED) is 0.514. The second-order valence-electron chi connectivity index (χ2n) is 7.84. The first-order valence-corrected chi connectivity index (χ1v) is 10.4. The molecule has 0 spiro atoms. The summed E-state index contributed by atoms with van der Waals surface area (Å²) < 4.78 is 8.47. The van der Waals surface area contributed by atoms with Crippen LogP contribution in [-0.2, 0) is 0 Å². The lowest BCUT2D eigenvalue weighted by Gasteiger charge is -2.17. The number of benzene rings is 2. The van der Waals surface area contributed by atoms with Crippen LogP contribution in [0.4, 0.5) is 0 Å². The van der Waals surface area contributed by atoms with Gasteiger partial charge in [-0.3, -0.25) is 0 Å². The van der Waals surface area contributed by atoms with Gasteiger partial charge in [0, 0.05) is 11.6 Å². The van der Waals surface area contributed by atoms with E-state index in [0.29, 0.717) is 12.6 Å². The van der Waals surface area contributed by atoms with E-state index in [2.05, 4.69) is 71.3 Å². The fourth-order valence-corrected chi connectivity index (χ4v) is 4.43. The van der Waals surface area contributed by atoms with Crippen molar-refractivity contribution in [1.82, 2.24) is 9.55 Å². The van der Waals surface area contributed by atoms with Crippen molar-refractivity contribution < 1.29 is 4.74 Å². The van der Waals surface area contributed by atoms with E-state index in [1.807, 2.05) is 0 Å². The molecule has 0 unspecified atom stereocenters. The highest BCUT2D eigenvalue weighted by Gasteiger charge is 2.23. The van der Waals surface area contributed by atoms with Gasteiger partial charge in [0.15, 0.2) is 0 Å². The fourth-order valence-electron chi connectivity index (χ4n) is 4.43. The number of rotatable bonds is 5. The summed E-state index contributed by atoms with van der Waals surface area (Å²) in [6.07, 6.45) is 13.8. The number of para-hydroxylation sites is 2. The average Bonchev–Trinajstić information content (AvgIpc) is 3.41. The first-order chi connectivity index (χ1) is 13.9. The summed E-state index contributed by atoms with van der Waals surface area (Å²) >= 11 is 0. The third-order valence-electron chi connectivity index (χ3n) is 5.92. The molecule has 1 fully saturated rings. The van der Waals surface area contributed by atoms with Gasteiger partial charge in [-0.1, -0.05) is 43.2 Å². The third kappa shape index (κ3) is 3.37.